The first-order valence-electron chi connectivity index (χ1n) is 11.1. The largest absolute Gasteiger partial charge is 0.334 e. The minimum Gasteiger partial charge on any atom is -0.334 e. The van der Waals surface area contributed by atoms with Gasteiger partial charge >= 0.3 is 6.03 Å². The molecule has 1 saturated carbocycles. The molecule has 2 aromatic rings. The number of carbonyl (C=O) groups is 3. The number of rotatable bonds is 6. The van der Waals surface area contributed by atoms with E-state index in [1.54, 1.807) is 0 Å². The van der Waals surface area contributed by atoms with Crippen LogP contribution in [0, 0.1) is 5.92 Å². The van der Waals surface area contributed by atoms with Crippen LogP contribution in [0.2, 0.25) is 0 Å². The van der Waals surface area contributed by atoms with Crippen LogP contribution in [0.15, 0.2) is 54.6 Å². The van der Waals surface area contributed by atoms with E-state index in [4.69, 9.17) is 0 Å². The fourth-order valence-electron chi connectivity index (χ4n) is 5.03. The van der Waals surface area contributed by atoms with E-state index >= 15 is 0 Å². The zero-order chi connectivity index (χ0) is 21.6. The van der Waals surface area contributed by atoms with Crippen LogP contribution in [0.3, 0.4) is 0 Å². The van der Waals surface area contributed by atoms with Crippen molar-refractivity contribution in [2.75, 3.05) is 6.54 Å². The summed E-state index contributed by atoms with van der Waals surface area (Å²) in [6.45, 7) is 2.33. The Labute approximate surface area is 182 Å². The van der Waals surface area contributed by atoms with Gasteiger partial charge in [0.1, 0.15) is 12.1 Å². The van der Waals surface area contributed by atoms with Crippen LogP contribution < -0.4 is 5.32 Å². The summed E-state index contributed by atoms with van der Waals surface area (Å²) in [6.07, 6.45) is 3.50. The molecule has 31 heavy (non-hydrogen) atoms. The average Bonchev–Trinajstić information content (AvgIpc) is 3.54. The number of aryl methyl sites for hydroxylation is 1. The van der Waals surface area contributed by atoms with Crippen molar-refractivity contribution in [3.05, 3.63) is 71.3 Å². The fraction of sp³-hybridized carbons (Fsp3) is 0.400. The number of amides is 4. The molecule has 1 N–H and O–H groups in total. The zero-order valence-electron chi connectivity index (χ0n) is 17.7. The van der Waals surface area contributed by atoms with E-state index in [1.807, 2.05) is 59.5 Å². The van der Waals surface area contributed by atoms with Crippen LogP contribution >= 0.6 is 0 Å². The Morgan fingerprint density at radius 3 is 2.58 bits per heavy atom. The second kappa shape index (κ2) is 7.52. The van der Waals surface area contributed by atoms with Crippen molar-refractivity contribution in [3.8, 4) is 0 Å². The summed E-state index contributed by atoms with van der Waals surface area (Å²) in [5.41, 5.74) is 1.95. The van der Waals surface area contributed by atoms with E-state index in [-0.39, 0.29) is 24.4 Å². The number of benzene rings is 2. The molecule has 2 aliphatic carbocycles. The summed E-state index contributed by atoms with van der Waals surface area (Å²) >= 11 is 0. The highest BCUT2D eigenvalue weighted by molar-refractivity contribution is 6.09. The predicted octanol–water partition coefficient (Wildman–Crippen LogP) is 3.21. The summed E-state index contributed by atoms with van der Waals surface area (Å²) in [4.78, 5) is 42.5. The molecule has 1 aliphatic heterocycles. The number of fused-ring (bicyclic) bond motifs is 2. The van der Waals surface area contributed by atoms with Crippen LogP contribution in [0.1, 0.15) is 42.9 Å². The van der Waals surface area contributed by atoms with Gasteiger partial charge in [-0.05, 0) is 55.2 Å². The van der Waals surface area contributed by atoms with Crippen molar-refractivity contribution >= 4 is 17.8 Å². The molecule has 6 heteroatoms. The summed E-state index contributed by atoms with van der Waals surface area (Å²) in [6, 6.07) is 17.2. The van der Waals surface area contributed by atoms with E-state index in [0.717, 1.165) is 40.9 Å². The van der Waals surface area contributed by atoms with Gasteiger partial charge < -0.3 is 10.2 Å². The minimum absolute atomic E-state index is 0.0784. The number of urea groups is 1. The quantitative estimate of drug-likeness (QED) is 0.734. The lowest BCUT2D eigenvalue weighted by molar-refractivity contribution is -0.141. The molecule has 0 aromatic heterocycles. The van der Waals surface area contributed by atoms with Crippen molar-refractivity contribution < 1.29 is 14.4 Å². The molecule has 0 bridgehead atoms. The highest BCUT2D eigenvalue weighted by Crippen LogP contribution is 2.41. The van der Waals surface area contributed by atoms with Crippen molar-refractivity contribution in [3.63, 3.8) is 0 Å². The molecule has 4 amide bonds. The number of nitrogens with zero attached hydrogens (tertiary/aromatic N) is 2. The maximum Gasteiger partial charge on any atom is 0.325 e. The number of nitrogens with one attached hydrogen (secondary N) is 1. The van der Waals surface area contributed by atoms with Crippen LogP contribution in [-0.2, 0) is 28.1 Å². The molecule has 6 nitrogen and oxygen atoms in total. The Balaban J connectivity index is 1.37. The lowest BCUT2D eigenvalue weighted by Crippen LogP contribution is -2.47. The third kappa shape index (κ3) is 3.40. The van der Waals surface area contributed by atoms with Crippen molar-refractivity contribution in [2.24, 2.45) is 5.92 Å². The summed E-state index contributed by atoms with van der Waals surface area (Å²) in [5, 5.41) is 2.91. The fourth-order valence-corrected chi connectivity index (χ4v) is 5.03. The van der Waals surface area contributed by atoms with Crippen molar-refractivity contribution in [1.82, 2.24) is 15.1 Å². The van der Waals surface area contributed by atoms with Gasteiger partial charge in [-0.25, -0.2) is 4.79 Å². The van der Waals surface area contributed by atoms with Crippen LogP contribution in [0.5, 0.6) is 0 Å². The van der Waals surface area contributed by atoms with Gasteiger partial charge in [-0.15, -0.1) is 0 Å². The number of imide groups is 1. The molecule has 1 saturated heterocycles. The lowest BCUT2D eigenvalue weighted by atomic mass is 9.92. The molecule has 2 atom stereocenters. The highest BCUT2D eigenvalue weighted by atomic mass is 16.2. The molecule has 1 spiro atoms. The minimum atomic E-state index is -1.03. The summed E-state index contributed by atoms with van der Waals surface area (Å²) in [5.74, 6) is -0.00607. The van der Waals surface area contributed by atoms with E-state index in [0.29, 0.717) is 18.9 Å². The first-order valence-corrected chi connectivity index (χ1v) is 11.1. The van der Waals surface area contributed by atoms with E-state index in [1.165, 1.54) is 0 Å². The Bertz CT molecular complexity index is 1030. The van der Waals surface area contributed by atoms with Crippen LogP contribution in [-0.4, -0.2) is 40.2 Å². The molecule has 1 heterocycles. The molecule has 2 aromatic carbocycles. The number of carbonyl (C=O) groups excluding carboxylic acids is 3. The van der Waals surface area contributed by atoms with Crippen LogP contribution in [0.4, 0.5) is 4.79 Å². The van der Waals surface area contributed by atoms with E-state index in [2.05, 4.69) is 12.2 Å². The predicted molar refractivity (Wildman–Crippen MR) is 116 cm³/mol. The Kier molecular flexibility index (Phi) is 4.80. The molecule has 160 valence electrons. The molecular formula is C25H27N3O3. The smallest absolute Gasteiger partial charge is 0.325 e. The van der Waals surface area contributed by atoms with Gasteiger partial charge in [-0.1, -0.05) is 54.6 Å². The topological polar surface area (TPSA) is 69.7 Å². The second-order valence-corrected chi connectivity index (χ2v) is 8.97. The normalized spacial score (nSPS) is 23.1. The first-order chi connectivity index (χ1) is 15.0. The standard InChI is InChI=1S/C25H27N3O3/c1-17(19-11-12-19)27(15-18-7-3-2-4-8-18)22(29)16-28-23(30)25(26-24(28)31)14-13-20-9-5-6-10-21(20)25/h2-10,17,19H,11-16H2,1H3,(H,26,31)/t17-,25-/m0/s1. The van der Waals surface area contributed by atoms with Gasteiger partial charge in [0.15, 0.2) is 0 Å². The maximum atomic E-state index is 13.4. The molecule has 3 aliphatic rings. The van der Waals surface area contributed by atoms with Gasteiger partial charge in [-0.3, -0.25) is 14.5 Å². The van der Waals surface area contributed by atoms with Gasteiger partial charge in [0, 0.05) is 12.6 Å². The van der Waals surface area contributed by atoms with Gasteiger partial charge in [0.25, 0.3) is 5.91 Å². The first kappa shape index (κ1) is 19.8. The highest BCUT2D eigenvalue weighted by Gasteiger charge is 2.55. The zero-order valence-corrected chi connectivity index (χ0v) is 17.7. The average molecular weight is 418 g/mol. The van der Waals surface area contributed by atoms with Crippen LogP contribution in [0.25, 0.3) is 0 Å². The summed E-state index contributed by atoms with van der Waals surface area (Å²) in [7, 11) is 0. The van der Waals surface area contributed by atoms with Crippen molar-refractivity contribution in [1.29, 1.82) is 0 Å². The molecular weight excluding hydrogens is 390 g/mol. The third-order valence-electron chi connectivity index (χ3n) is 7.03. The Morgan fingerprint density at radius 1 is 1.13 bits per heavy atom. The van der Waals surface area contributed by atoms with Gasteiger partial charge in [0.05, 0.1) is 0 Å². The van der Waals surface area contributed by atoms with Gasteiger partial charge in [0.2, 0.25) is 5.91 Å². The molecule has 0 radical (unpaired) electrons. The summed E-state index contributed by atoms with van der Waals surface area (Å²) < 4.78 is 0. The monoisotopic (exact) mass is 417 g/mol. The molecule has 2 fully saturated rings. The molecule has 5 rings (SSSR count). The van der Waals surface area contributed by atoms with E-state index in [9.17, 15) is 14.4 Å². The van der Waals surface area contributed by atoms with E-state index < -0.39 is 11.6 Å². The lowest BCUT2D eigenvalue weighted by Gasteiger charge is -2.31. The number of hydrogen-bond acceptors (Lipinski definition) is 3. The Morgan fingerprint density at radius 2 is 1.84 bits per heavy atom. The number of hydrogen-bond donors (Lipinski definition) is 1. The van der Waals surface area contributed by atoms with Crippen molar-refractivity contribution in [2.45, 2.75) is 50.7 Å². The molecule has 0 unspecified atom stereocenters. The SMILES string of the molecule is C[C@@H](C1CC1)N(Cc1ccccc1)C(=O)CN1C(=O)N[C@]2(CCc3ccccc32)C1=O. The van der Waals surface area contributed by atoms with Gasteiger partial charge in [-0.2, -0.15) is 0 Å². The Hall–Kier alpha value is -3.15. The maximum absolute atomic E-state index is 13.4. The second-order valence-electron chi connectivity index (χ2n) is 8.97. The third-order valence-corrected chi connectivity index (χ3v) is 7.03.